The second-order valence-corrected chi connectivity index (χ2v) is 18.8. The minimum Gasteiger partial charge on any atom is -0.462 e. The van der Waals surface area contributed by atoms with E-state index in [2.05, 4.69) is 81.5 Å². The SMILES string of the molecule is CC/C=C\C/C=C\C/C=C\CCCCCCCC(=O)OCC(COC(=O)CCCCCCCCC/C=C\CCCCCCCC)OC(=O)CCCCCCC/C=C\CCCCCCCCC. The lowest BCUT2D eigenvalue weighted by Gasteiger charge is -2.18. The van der Waals surface area contributed by atoms with Crippen molar-refractivity contribution in [3.8, 4) is 0 Å². The van der Waals surface area contributed by atoms with Crippen LogP contribution in [0.4, 0.5) is 0 Å². The first-order chi connectivity index (χ1) is 32.5. The van der Waals surface area contributed by atoms with E-state index in [-0.39, 0.29) is 31.1 Å². The molecule has 0 saturated heterocycles. The van der Waals surface area contributed by atoms with Gasteiger partial charge < -0.3 is 14.2 Å². The van der Waals surface area contributed by atoms with Gasteiger partial charge in [0.15, 0.2) is 6.10 Å². The number of hydrogen-bond donors (Lipinski definition) is 0. The van der Waals surface area contributed by atoms with Gasteiger partial charge in [0, 0.05) is 19.3 Å². The molecular formula is C60H106O6. The molecule has 0 saturated carbocycles. The molecule has 0 aliphatic heterocycles. The number of allylic oxidation sites excluding steroid dienone is 10. The van der Waals surface area contributed by atoms with Crippen molar-refractivity contribution in [3.05, 3.63) is 60.8 Å². The molecule has 0 aromatic carbocycles. The number of unbranched alkanes of at least 4 members (excludes halogenated alkanes) is 30. The largest absolute Gasteiger partial charge is 0.462 e. The fraction of sp³-hybridized carbons (Fsp3) is 0.783. The Morgan fingerprint density at radius 2 is 0.591 bits per heavy atom. The molecule has 382 valence electrons. The van der Waals surface area contributed by atoms with Gasteiger partial charge in [-0.3, -0.25) is 14.4 Å². The Morgan fingerprint density at radius 1 is 0.318 bits per heavy atom. The third-order valence-corrected chi connectivity index (χ3v) is 12.2. The van der Waals surface area contributed by atoms with Crippen LogP contribution >= 0.6 is 0 Å². The van der Waals surface area contributed by atoms with Gasteiger partial charge in [-0.05, 0) is 103 Å². The van der Waals surface area contributed by atoms with Gasteiger partial charge in [-0.2, -0.15) is 0 Å². The highest BCUT2D eigenvalue weighted by Gasteiger charge is 2.19. The maximum Gasteiger partial charge on any atom is 0.306 e. The minimum atomic E-state index is -0.787. The van der Waals surface area contributed by atoms with Gasteiger partial charge in [-0.1, -0.05) is 223 Å². The van der Waals surface area contributed by atoms with Crippen LogP contribution in [-0.2, 0) is 28.6 Å². The van der Waals surface area contributed by atoms with Crippen molar-refractivity contribution in [2.45, 2.75) is 290 Å². The Morgan fingerprint density at radius 3 is 0.939 bits per heavy atom. The Labute approximate surface area is 409 Å². The fourth-order valence-corrected chi connectivity index (χ4v) is 7.98. The van der Waals surface area contributed by atoms with E-state index < -0.39 is 6.10 Å². The summed E-state index contributed by atoms with van der Waals surface area (Å²) in [6.45, 7) is 6.52. The molecule has 66 heavy (non-hydrogen) atoms. The van der Waals surface area contributed by atoms with Crippen molar-refractivity contribution >= 4 is 17.9 Å². The van der Waals surface area contributed by atoms with Crippen LogP contribution in [0.5, 0.6) is 0 Å². The zero-order valence-corrected chi connectivity index (χ0v) is 43.7. The van der Waals surface area contributed by atoms with Gasteiger partial charge in [0.1, 0.15) is 13.2 Å². The number of hydrogen-bond acceptors (Lipinski definition) is 6. The van der Waals surface area contributed by atoms with E-state index >= 15 is 0 Å². The molecule has 0 aromatic heterocycles. The molecule has 0 N–H and O–H groups in total. The van der Waals surface area contributed by atoms with Gasteiger partial charge in [-0.15, -0.1) is 0 Å². The molecule has 6 heteroatoms. The standard InChI is InChI=1S/C60H106O6/c1-4-7-10-13-16-19-22-25-28-30-33-35-38-41-44-47-50-53-59(62)65-56-57(55-64-58(61)52-49-46-43-40-37-34-31-27-24-21-18-15-12-9-6-3)66-60(63)54-51-48-45-42-39-36-32-29-26-23-20-17-14-11-8-5-2/h9,12,18,21,25,27-29,31-32,57H,4-8,10-11,13-17,19-20,22-24,26,30,33-56H2,1-3H3/b12-9-,21-18-,28-25-,31-27-,32-29-. The molecule has 0 amide bonds. The summed E-state index contributed by atoms with van der Waals surface area (Å²) >= 11 is 0. The van der Waals surface area contributed by atoms with Gasteiger partial charge >= 0.3 is 17.9 Å². The quantitative estimate of drug-likeness (QED) is 0.0262. The number of rotatable bonds is 51. The zero-order chi connectivity index (χ0) is 47.9. The Bertz CT molecular complexity index is 1200. The maximum atomic E-state index is 12.8. The predicted molar refractivity (Wildman–Crippen MR) is 284 cm³/mol. The van der Waals surface area contributed by atoms with Crippen molar-refractivity contribution in [3.63, 3.8) is 0 Å². The molecule has 0 rings (SSSR count). The smallest absolute Gasteiger partial charge is 0.306 e. The molecule has 0 heterocycles. The Balaban J connectivity index is 4.41. The maximum absolute atomic E-state index is 12.8. The number of carbonyl (C=O) groups excluding carboxylic acids is 3. The summed E-state index contributed by atoms with van der Waals surface area (Å²) in [5, 5.41) is 0. The first-order valence-electron chi connectivity index (χ1n) is 28.3. The van der Waals surface area contributed by atoms with Gasteiger partial charge in [0.25, 0.3) is 0 Å². The first-order valence-corrected chi connectivity index (χ1v) is 28.3. The second kappa shape index (κ2) is 54.7. The molecule has 0 spiro atoms. The molecule has 0 fully saturated rings. The monoisotopic (exact) mass is 923 g/mol. The second-order valence-electron chi connectivity index (χ2n) is 18.8. The fourth-order valence-electron chi connectivity index (χ4n) is 7.98. The van der Waals surface area contributed by atoms with Gasteiger partial charge in [0.2, 0.25) is 0 Å². The Hall–Kier alpha value is -2.89. The average molecular weight is 924 g/mol. The van der Waals surface area contributed by atoms with E-state index in [1.807, 2.05) is 0 Å². The van der Waals surface area contributed by atoms with Crippen LogP contribution in [0.3, 0.4) is 0 Å². The van der Waals surface area contributed by atoms with Crippen LogP contribution in [0.15, 0.2) is 60.8 Å². The van der Waals surface area contributed by atoms with Crippen molar-refractivity contribution < 1.29 is 28.6 Å². The van der Waals surface area contributed by atoms with Crippen LogP contribution < -0.4 is 0 Å². The summed E-state index contributed by atoms with van der Waals surface area (Å²) in [5.41, 5.74) is 0. The van der Waals surface area contributed by atoms with Crippen LogP contribution in [0.25, 0.3) is 0 Å². The highest BCUT2D eigenvalue weighted by atomic mass is 16.6. The third kappa shape index (κ3) is 52.1. The summed E-state index contributed by atoms with van der Waals surface area (Å²) in [6.07, 6.45) is 67.8. The lowest BCUT2D eigenvalue weighted by Crippen LogP contribution is -2.30. The lowest BCUT2D eigenvalue weighted by molar-refractivity contribution is -0.167. The molecule has 0 aliphatic rings. The Kier molecular flexibility index (Phi) is 52.3. The van der Waals surface area contributed by atoms with E-state index in [9.17, 15) is 14.4 Å². The van der Waals surface area contributed by atoms with E-state index in [1.54, 1.807) is 0 Å². The van der Waals surface area contributed by atoms with Crippen LogP contribution in [0.2, 0.25) is 0 Å². The molecule has 0 bridgehead atoms. The van der Waals surface area contributed by atoms with Crippen LogP contribution in [0.1, 0.15) is 284 Å². The normalized spacial score (nSPS) is 12.5. The highest BCUT2D eigenvalue weighted by molar-refractivity contribution is 5.71. The van der Waals surface area contributed by atoms with Gasteiger partial charge in [-0.25, -0.2) is 0 Å². The van der Waals surface area contributed by atoms with E-state index in [0.29, 0.717) is 19.3 Å². The topological polar surface area (TPSA) is 78.9 Å². The van der Waals surface area contributed by atoms with Crippen molar-refractivity contribution in [2.75, 3.05) is 13.2 Å². The summed E-state index contributed by atoms with van der Waals surface area (Å²) in [7, 11) is 0. The third-order valence-electron chi connectivity index (χ3n) is 12.2. The average Bonchev–Trinajstić information content (AvgIpc) is 3.31. The van der Waals surface area contributed by atoms with Crippen molar-refractivity contribution in [1.29, 1.82) is 0 Å². The molecule has 0 aliphatic carbocycles. The van der Waals surface area contributed by atoms with Crippen LogP contribution in [-0.4, -0.2) is 37.2 Å². The summed E-state index contributed by atoms with van der Waals surface area (Å²) in [6, 6.07) is 0. The molecular weight excluding hydrogens is 817 g/mol. The van der Waals surface area contributed by atoms with E-state index in [0.717, 1.165) is 109 Å². The van der Waals surface area contributed by atoms with Crippen molar-refractivity contribution in [2.24, 2.45) is 0 Å². The van der Waals surface area contributed by atoms with E-state index in [4.69, 9.17) is 14.2 Å². The highest BCUT2D eigenvalue weighted by Crippen LogP contribution is 2.15. The molecule has 0 aromatic rings. The molecule has 6 nitrogen and oxygen atoms in total. The number of carbonyl (C=O) groups is 3. The molecule has 1 atom stereocenters. The minimum absolute atomic E-state index is 0.0846. The van der Waals surface area contributed by atoms with Crippen molar-refractivity contribution in [1.82, 2.24) is 0 Å². The lowest BCUT2D eigenvalue weighted by atomic mass is 10.1. The number of ether oxygens (including phenoxy) is 3. The summed E-state index contributed by atoms with van der Waals surface area (Å²) in [5.74, 6) is -0.905. The molecule has 1 unspecified atom stereocenters. The number of esters is 3. The van der Waals surface area contributed by atoms with E-state index in [1.165, 1.54) is 135 Å². The first kappa shape index (κ1) is 63.1. The van der Waals surface area contributed by atoms with Gasteiger partial charge in [0.05, 0.1) is 0 Å². The predicted octanol–water partition coefficient (Wildman–Crippen LogP) is 18.8. The summed E-state index contributed by atoms with van der Waals surface area (Å²) < 4.78 is 16.8. The van der Waals surface area contributed by atoms with Crippen LogP contribution in [0, 0.1) is 0 Å². The zero-order valence-electron chi connectivity index (χ0n) is 43.7. The molecule has 0 radical (unpaired) electrons. The summed E-state index contributed by atoms with van der Waals surface area (Å²) in [4.78, 5) is 38.1.